The van der Waals surface area contributed by atoms with Gasteiger partial charge in [0.05, 0.1) is 0 Å². The van der Waals surface area contributed by atoms with Gasteiger partial charge in [-0.3, -0.25) is 0 Å². The zero-order chi connectivity index (χ0) is 11.5. The van der Waals surface area contributed by atoms with Crippen LogP contribution in [0, 0.1) is 23.7 Å². The van der Waals surface area contributed by atoms with E-state index in [2.05, 4.69) is 13.8 Å². The van der Waals surface area contributed by atoms with E-state index in [0.717, 1.165) is 23.7 Å². The van der Waals surface area contributed by atoms with E-state index in [1.54, 1.807) is 0 Å². The summed E-state index contributed by atoms with van der Waals surface area (Å²) in [6.07, 6.45) is 11.5. The molecule has 0 radical (unpaired) electrons. The predicted molar refractivity (Wildman–Crippen MR) is 70.2 cm³/mol. The third-order valence-corrected chi connectivity index (χ3v) is 5.06. The van der Waals surface area contributed by atoms with E-state index in [0.29, 0.717) is 6.04 Å². The van der Waals surface area contributed by atoms with Crippen LogP contribution in [0.4, 0.5) is 0 Å². The average molecular weight is 223 g/mol. The van der Waals surface area contributed by atoms with Gasteiger partial charge in [0.1, 0.15) is 0 Å². The Morgan fingerprint density at radius 2 is 1.69 bits per heavy atom. The topological polar surface area (TPSA) is 26.0 Å². The highest BCUT2D eigenvalue weighted by Gasteiger charge is 2.28. The van der Waals surface area contributed by atoms with Gasteiger partial charge in [-0.25, -0.2) is 0 Å². The number of nitrogens with two attached hydrogens (primary N) is 1. The van der Waals surface area contributed by atoms with E-state index in [-0.39, 0.29) is 0 Å². The van der Waals surface area contributed by atoms with Crippen molar-refractivity contribution in [2.45, 2.75) is 71.3 Å². The van der Waals surface area contributed by atoms with Crippen LogP contribution in [0.15, 0.2) is 0 Å². The Morgan fingerprint density at radius 3 is 2.38 bits per heavy atom. The van der Waals surface area contributed by atoms with Crippen molar-refractivity contribution >= 4 is 0 Å². The Morgan fingerprint density at radius 1 is 0.938 bits per heavy atom. The zero-order valence-corrected chi connectivity index (χ0v) is 11.1. The maximum absolute atomic E-state index is 6.10. The van der Waals surface area contributed by atoms with Gasteiger partial charge < -0.3 is 5.73 Å². The second-order valence-corrected chi connectivity index (χ2v) is 6.69. The van der Waals surface area contributed by atoms with Crippen molar-refractivity contribution in [3.8, 4) is 0 Å². The molecule has 0 amide bonds. The summed E-state index contributed by atoms with van der Waals surface area (Å²) in [5.74, 6) is 3.78. The van der Waals surface area contributed by atoms with Crippen molar-refractivity contribution in [2.75, 3.05) is 0 Å². The first-order valence-electron chi connectivity index (χ1n) is 7.40. The molecule has 2 aliphatic rings. The Kier molecular flexibility index (Phi) is 4.29. The molecule has 0 bridgehead atoms. The first-order chi connectivity index (χ1) is 7.65. The fourth-order valence-corrected chi connectivity index (χ4v) is 3.99. The third kappa shape index (κ3) is 3.23. The van der Waals surface area contributed by atoms with Gasteiger partial charge in [-0.05, 0) is 55.8 Å². The highest BCUT2D eigenvalue weighted by Crippen LogP contribution is 2.38. The zero-order valence-electron chi connectivity index (χ0n) is 11.1. The van der Waals surface area contributed by atoms with Crippen molar-refractivity contribution < 1.29 is 0 Å². The fourth-order valence-electron chi connectivity index (χ4n) is 3.99. The van der Waals surface area contributed by atoms with Crippen LogP contribution < -0.4 is 5.73 Å². The van der Waals surface area contributed by atoms with Crippen molar-refractivity contribution in [2.24, 2.45) is 29.4 Å². The molecule has 0 aliphatic heterocycles. The van der Waals surface area contributed by atoms with E-state index in [1.165, 1.54) is 51.4 Å². The van der Waals surface area contributed by atoms with Crippen LogP contribution in [0.3, 0.4) is 0 Å². The molecule has 1 nitrogen and oxygen atoms in total. The smallest absolute Gasteiger partial charge is 0.00647 e. The normalized spacial score (nSPS) is 45.6. The second kappa shape index (κ2) is 5.53. The van der Waals surface area contributed by atoms with Crippen LogP contribution in [0.1, 0.15) is 65.2 Å². The van der Waals surface area contributed by atoms with Gasteiger partial charge in [0.2, 0.25) is 0 Å². The molecule has 0 aromatic rings. The van der Waals surface area contributed by atoms with E-state index >= 15 is 0 Å². The third-order valence-electron chi connectivity index (χ3n) is 5.06. The molecule has 1 heteroatoms. The molecule has 94 valence electrons. The van der Waals surface area contributed by atoms with Crippen molar-refractivity contribution in [1.82, 2.24) is 0 Å². The Labute approximate surface area is 101 Å². The summed E-state index contributed by atoms with van der Waals surface area (Å²) in [5.41, 5.74) is 6.10. The fraction of sp³-hybridized carbons (Fsp3) is 1.00. The summed E-state index contributed by atoms with van der Waals surface area (Å²) in [5, 5.41) is 0. The molecule has 0 heterocycles. The monoisotopic (exact) mass is 223 g/mol. The minimum absolute atomic E-state index is 0.488. The van der Waals surface area contributed by atoms with Gasteiger partial charge in [0.15, 0.2) is 0 Å². The lowest BCUT2D eigenvalue weighted by molar-refractivity contribution is 0.178. The van der Waals surface area contributed by atoms with Crippen LogP contribution >= 0.6 is 0 Å². The Hall–Kier alpha value is -0.0400. The first-order valence-corrected chi connectivity index (χ1v) is 7.40. The quantitative estimate of drug-likeness (QED) is 0.753. The molecule has 5 atom stereocenters. The maximum Gasteiger partial charge on any atom is 0.00647 e. The lowest BCUT2D eigenvalue weighted by Gasteiger charge is -2.35. The van der Waals surface area contributed by atoms with Gasteiger partial charge in [0.25, 0.3) is 0 Å². The van der Waals surface area contributed by atoms with Crippen LogP contribution in [0.5, 0.6) is 0 Å². The molecule has 2 N–H and O–H groups in total. The molecule has 0 aromatic heterocycles. The lowest BCUT2D eigenvalue weighted by Crippen LogP contribution is -2.35. The predicted octanol–water partition coefficient (Wildman–Crippen LogP) is 3.97. The van der Waals surface area contributed by atoms with Gasteiger partial charge >= 0.3 is 0 Å². The average Bonchev–Trinajstić information content (AvgIpc) is 2.24. The summed E-state index contributed by atoms with van der Waals surface area (Å²) in [6.45, 7) is 4.78. The molecule has 16 heavy (non-hydrogen) atoms. The number of rotatable bonds is 2. The minimum Gasteiger partial charge on any atom is -0.327 e. The number of hydrogen-bond donors (Lipinski definition) is 1. The molecule has 5 unspecified atom stereocenters. The molecular weight excluding hydrogens is 194 g/mol. The van der Waals surface area contributed by atoms with Crippen LogP contribution in [-0.4, -0.2) is 6.04 Å². The summed E-state index contributed by atoms with van der Waals surface area (Å²) < 4.78 is 0. The molecule has 0 spiro atoms. The van der Waals surface area contributed by atoms with Crippen LogP contribution in [0.25, 0.3) is 0 Å². The largest absolute Gasteiger partial charge is 0.327 e. The van der Waals surface area contributed by atoms with Crippen molar-refractivity contribution in [3.63, 3.8) is 0 Å². The molecule has 2 fully saturated rings. The van der Waals surface area contributed by atoms with Crippen LogP contribution in [0.2, 0.25) is 0 Å². The van der Waals surface area contributed by atoms with Gasteiger partial charge in [-0.1, -0.05) is 33.1 Å². The highest BCUT2D eigenvalue weighted by molar-refractivity contribution is 4.82. The molecular formula is C15H29N. The van der Waals surface area contributed by atoms with Gasteiger partial charge in [0, 0.05) is 6.04 Å². The summed E-state index contributed by atoms with van der Waals surface area (Å²) in [7, 11) is 0. The molecule has 2 rings (SSSR count). The Balaban J connectivity index is 1.76. The van der Waals surface area contributed by atoms with E-state index in [1.807, 2.05) is 0 Å². The van der Waals surface area contributed by atoms with Crippen molar-refractivity contribution in [3.05, 3.63) is 0 Å². The summed E-state index contributed by atoms with van der Waals surface area (Å²) in [4.78, 5) is 0. The molecule has 2 aliphatic carbocycles. The SMILES string of the molecule is CC1CCCC(CC2CCC(N)C(C)C2)C1. The maximum atomic E-state index is 6.10. The highest BCUT2D eigenvalue weighted by atomic mass is 14.7. The molecule has 0 saturated heterocycles. The van der Waals surface area contributed by atoms with Gasteiger partial charge in [-0.15, -0.1) is 0 Å². The summed E-state index contributed by atoms with van der Waals surface area (Å²) >= 11 is 0. The lowest BCUT2D eigenvalue weighted by atomic mass is 9.72. The van der Waals surface area contributed by atoms with E-state index < -0.39 is 0 Å². The Bertz CT molecular complexity index is 213. The molecule has 2 saturated carbocycles. The van der Waals surface area contributed by atoms with E-state index in [4.69, 9.17) is 5.73 Å². The summed E-state index contributed by atoms with van der Waals surface area (Å²) in [6, 6.07) is 0.488. The second-order valence-electron chi connectivity index (χ2n) is 6.69. The first kappa shape index (κ1) is 12.4. The number of hydrogen-bond acceptors (Lipinski definition) is 1. The van der Waals surface area contributed by atoms with Crippen LogP contribution in [-0.2, 0) is 0 Å². The van der Waals surface area contributed by atoms with E-state index in [9.17, 15) is 0 Å². The van der Waals surface area contributed by atoms with Gasteiger partial charge in [-0.2, -0.15) is 0 Å². The minimum atomic E-state index is 0.488. The standard InChI is InChI=1S/C15H29N/c1-11-4-3-5-13(8-11)10-14-6-7-15(16)12(2)9-14/h11-15H,3-10,16H2,1-2H3. The van der Waals surface area contributed by atoms with Crippen molar-refractivity contribution in [1.29, 1.82) is 0 Å². The molecule has 0 aromatic carbocycles.